The third-order valence-corrected chi connectivity index (χ3v) is 3.15. The number of hydrogen-bond acceptors (Lipinski definition) is 5. The third kappa shape index (κ3) is 3.46. The quantitative estimate of drug-likeness (QED) is 0.671. The summed E-state index contributed by atoms with van der Waals surface area (Å²) in [7, 11) is -2.38. The molecule has 0 aliphatic carbocycles. The van der Waals surface area contributed by atoms with E-state index in [9.17, 15) is 0 Å². The van der Waals surface area contributed by atoms with Crippen LogP contribution in [0.1, 0.15) is 13.3 Å². The van der Waals surface area contributed by atoms with Gasteiger partial charge in [0.2, 0.25) is 0 Å². The first-order valence-electron chi connectivity index (χ1n) is 4.21. The molecular weight excluding hydrogens is 195 g/mol. The standard InChI is InChI=1S/C7H16O5P/c1-6-3-4-11-7(6)5-12-13(8,9)10-2/h6-9H,3-5H2,1-2H3/q+1. The van der Waals surface area contributed by atoms with Crippen molar-refractivity contribution in [1.29, 1.82) is 0 Å². The van der Waals surface area contributed by atoms with Crippen molar-refractivity contribution >= 4 is 8.17 Å². The molecule has 1 rings (SSSR count). The first kappa shape index (κ1) is 11.3. The monoisotopic (exact) mass is 211 g/mol. The molecule has 0 saturated carbocycles. The topological polar surface area (TPSA) is 68.2 Å². The lowest BCUT2D eigenvalue weighted by molar-refractivity contribution is 0.0289. The fourth-order valence-corrected chi connectivity index (χ4v) is 1.64. The van der Waals surface area contributed by atoms with Crippen LogP contribution in [0.5, 0.6) is 0 Å². The van der Waals surface area contributed by atoms with Crippen molar-refractivity contribution in [2.45, 2.75) is 19.4 Å². The van der Waals surface area contributed by atoms with Gasteiger partial charge in [0.1, 0.15) is 6.61 Å². The van der Waals surface area contributed by atoms with Crippen LogP contribution in [0.4, 0.5) is 0 Å². The van der Waals surface area contributed by atoms with Gasteiger partial charge in [-0.2, -0.15) is 18.8 Å². The highest BCUT2D eigenvalue weighted by Crippen LogP contribution is 2.51. The molecule has 0 bridgehead atoms. The van der Waals surface area contributed by atoms with Crippen LogP contribution in [0.2, 0.25) is 0 Å². The highest BCUT2D eigenvalue weighted by atomic mass is 31.2. The number of ether oxygens (including phenoxy) is 1. The van der Waals surface area contributed by atoms with Crippen LogP contribution in [0.25, 0.3) is 0 Å². The van der Waals surface area contributed by atoms with E-state index in [1.165, 1.54) is 7.11 Å². The molecule has 0 aromatic heterocycles. The second-order valence-corrected chi connectivity index (χ2v) is 4.75. The molecule has 1 saturated heterocycles. The van der Waals surface area contributed by atoms with Gasteiger partial charge in [-0.15, -0.1) is 0 Å². The summed E-state index contributed by atoms with van der Waals surface area (Å²) >= 11 is 0. The minimum absolute atomic E-state index is 0.0474. The van der Waals surface area contributed by atoms with E-state index in [1.807, 2.05) is 6.92 Å². The molecule has 13 heavy (non-hydrogen) atoms. The molecule has 0 aromatic carbocycles. The van der Waals surface area contributed by atoms with Gasteiger partial charge in [0.15, 0.2) is 0 Å². The molecule has 5 nitrogen and oxygen atoms in total. The molecule has 1 fully saturated rings. The summed E-state index contributed by atoms with van der Waals surface area (Å²) in [4.78, 5) is 18.1. The second kappa shape index (κ2) is 4.64. The minimum Gasteiger partial charge on any atom is -0.375 e. The Bertz CT molecular complexity index is 163. The van der Waals surface area contributed by atoms with Gasteiger partial charge in [-0.05, 0) is 12.3 Å². The molecule has 0 amide bonds. The highest BCUT2D eigenvalue weighted by molar-refractivity contribution is 7.54. The molecule has 2 N–H and O–H groups in total. The molecule has 6 heteroatoms. The molecule has 78 valence electrons. The fraction of sp³-hybridized carbons (Fsp3) is 1.00. The van der Waals surface area contributed by atoms with Gasteiger partial charge in [-0.3, -0.25) is 0 Å². The summed E-state index contributed by atoms with van der Waals surface area (Å²) in [5, 5.41) is 0. The van der Waals surface area contributed by atoms with Crippen molar-refractivity contribution in [2.75, 3.05) is 20.3 Å². The van der Waals surface area contributed by atoms with Crippen LogP contribution in [0.15, 0.2) is 0 Å². The molecule has 0 aromatic rings. The Morgan fingerprint density at radius 2 is 2.23 bits per heavy atom. The van der Waals surface area contributed by atoms with E-state index in [4.69, 9.17) is 19.0 Å². The highest BCUT2D eigenvalue weighted by Gasteiger charge is 2.40. The van der Waals surface area contributed by atoms with Crippen LogP contribution >= 0.6 is 8.17 Å². The summed E-state index contributed by atoms with van der Waals surface area (Å²) in [5.74, 6) is 0.400. The van der Waals surface area contributed by atoms with Crippen LogP contribution in [0, 0.1) is 5.92 Å². The number of rotatable bonds is 4. The Morgan fingerprint density at radius 1 is 1.54 bits per heavy atom. The summed E-state index contributed by atoms with van der Waals surface area (Å²) in [6.45, 7) is 2.93. The molecule has 2 unspecified atom stereocenters. The van der Waals surface area contributed by atoms with Crippen LogP contribution in [0.3, 0.4) is 0 Å². The molecule has 0 radical (unpaired) electrons. The van der Waals surface area contributed by atoms with E-state index >= 15 is 0 Å². The molecule has 1 heterocycles. The van der Waals surface area contributed by atoms with E-state index in [2.05, 4.69) is 4.52 Å². The van der Waals surface area contributed by atoms with Gasteiger partial charge < -0.3 is 4.74 Å². The Kier molecular flexibility index (Phi) is 4.04. The van der Waals surface area contributed by atoms with Crippen molar-refractivity contribution in [3.05, 3.63) is 0 Å². The molecular formula is C7H16O5P+. The second-order valence-electron chi connectivity index (χ2n) is 3.14. The van der Waals surface area contributed by atoms with Gasteiger partial charge >= 0.3 is 8.17 Å². The van der Waals surface area contributed by atoms with Gasteiger partial charge in [-0.25, -0.2) is 0 Å². The minimum atomic E-state index is -3.58. The summed E-state index contributed by atoms with van der Waals surface area (Å²) < 4.78 is 14.5. The molecule has 2 atom stereocenters. The normalized spacial score (nSPS) is 29.5. The zero-order chi connectivity index (χ0) is 9.90. The Hall–Kier alpha value is 0.230. The smallest absolute Gasteiger partial charge is 0.375 e. The maximum Gasteiger partial charge on any atom is 0.569 e. The van der Waals surface area contributed by atoms with Gasteiger partial charge in [0, 0.05) is 6.61 Å². The lowest BCUT2D eigenvalue weighted by atomic mass is 10.1. The Balaban J connectivity index is 2.25. The van der Waals surface area contributed by atoms with E-state index in [0.717, 1.165) is 6.42 Å². The Labute approximate surface area is 78.3 Å². The van der Waals surface area contributed by atoms with Gasteiger partial charge in [-0.1, -0.05) is 6.92 Å². The SMILES string of the molecule is CO[P+](O)(O)OCC1OCCC1C. The zero-order valence-corrected chi connectivity index (χ0v) is 8.74. The predicted molar refractivity (Wildman–Crippen MR) is 47.8 cm³/mol. The van der Waals surface area contributed by atoms with Gasteiger partial charge in [0.25, 0.3) is 0 Å². The van der Waals surface area contributed by atoms with Crippen molar-refractivity contribution < 1.29 is 23.6 Å². The molecule has 1 aliphatic rings. The lowest BCUT2D eigenvalue weighted by Gasteiger charge is -2.14. The predicted octanol–water partition coefficient (Wildman–Crippen LogP) is 0.737. The average Bonchev–Trinajstić information content (AvgIpc) is 2.48. The fourth-order valence-electron chi connectivity index (χ4n) is 1.19. The van der Waals surface area contributed by atoms with Crippen molar-refractivity contribution in [1.82, 2.24) is 0 Å². The first-order valence-corrected chi connectivity index (χ1v) is 5.74. The lowest BCUT2D eigenvalue weighted by Crippen LogP contribution is -2.20. The zero-order valence-electron chi connectivity index (χ0n) is 7.84. The van der Waals surface area contributed by atoms with Gasteiger partial charge in [0.05, 0.1) is 13.2 Å². The van der Waals surface area contributed by atoms with Crippen LogP contribution < -0.4 is 0 Å². The van der Waals surface area contributed by atoms with E-state index < -0.39 is 8.17 Å². The maximum absolute atomic E-state index is 9.04. The third-order valence-electron chi connectivity index (χ3n) is 2.18. The summed E-state index contributed by atoms with van der Waals surface area (Å²) in [6.07, 6.45) is 0.942. The van der Waals surface area contributed by atoms with Crippen molar-refractivity contribution in [3.8, 4) is 0 Å². The van der Waals surface area contributed by atoms with Crippen LogP contribution in [-0.2, 0) is 13.8 Å². The van der Waals surface area contributed by atoms with Crippen LogP contribution in [-0.4, -0.2) is 36.2 Å². The molecule has 0 spiro atoms. The van der Waals surface area contributed by atoms with Crippen molar-refractivity contribution in [2.24, 2.45) is 5.92 Å². The number of hydrogen-bond donors (Lipinski definition) is 2. The van der Waals surface area contributed by atoms with E-state index in [0.29, 0.717) is 12.5 Å². The first-order chi connectivity index (χ1) is 6.05. The summed E-state index contributed by atoms with van der Waals surface area (Å²) in [6, 6.07) is 0. The van der Waals surface area contributed by atoms with E-state index in [1.54, 1.807) is 0 Å². The maximum atomic E-state index is 9.04. The average molecular weight is 211 g/mol. The largest absolute Gasteiger partial charge is 0.569 e. The Morgan fingerprint density at radius 3 is 2.69 bits per heavy atom. The van der Waals surface area contributed by atoms with Crippen molar-refractivity contribution in [3.63, 3.8) is 0 Å². The van der Waals surface area contributed by atoms with E-state index in [-0.39, 0.29) is 12.7 Å². The summed E-state index contributed by atoms with van der Waals surface area (Å²) in [5.41, 5.74) is 0. The molecule has 1 aliphatic heterocycles.